The fourth-order valence-electron chi connectivity index (χ4n) is 0.939. The summed E-state index contributed by atoms with van der Waals surface area (Å²) in [4.78, 5) is 0. The van der Waals surface area contributed by atoms with E-state index in [2.05, 4.69) is 35.0 Å². The number of nitrogens with one attached hydrogen (secondary N) is 1. The monoisotopic (exact) mass is 276 g/mol. The molecule has 0 unspecified atom stereocenters. The molecule has 0 saturated heterocycles. The van der Waals surface area contributed by atoms with Gasteiger partial charge in [-0.1, -0.05) is 6.07 Å². The topological polar surface area (TPSA) is 32.3 Å². The van der Waals surface area contributed by atoms with Crippen molar-refractivity contribution in [1.29, 1.82) is 0 Å². The molecule has 0 spiro atoms. The van der Waals surface area contributed by atoms with E-state index in [1.807, 2.05) is 12.1 Å². The fourth-order valence-corrected chi connectivity index (χ4v) is 1.52. The molecule has 1 radical (unpaired) electrons. The first kappa shape index (κ1) is 9.80. The first-order valence-electron chi connectivity index (χ1n) is 3.71. The molecule has 12 heavy (non-hydrogen) atoms. The Morgan fingerprint density at radius 3 is 2.83 bits per heavy atom. The molecule has 1 aromatic rings. The van der Waals surface area contributed by atoms with Crippen molar-refractivity contribution in [3.63, 3.8) is 0 Å². The number of hydrogen-bond donors (Lipinski definition) is 2. The largest absolute Gasteiger partial charge is 0.507 e. The SMILES string of the molecule is [CH2]NCCc1ccc(O)c(I)c1. The van der Waals surface area contributed by atoms with E-state index in [9.17, 15) is 5.11 Å². The quantitative estimate of drug-likeness (QED) is 0.827. The molecule has 0 aromatic heterocycles. The van der Waals surface area contributed by atoms with Crippen LogP contribution < -0.4 is 5.32 Å². The van der Waals surface area contributed by atoms with Gasteiger partial charge in [-0.2, -0.15) is 0 Å². The lowest BCUT2D eigenvalue weighted by atomic mass is 10.1. The Hall–Kier alpha value is -0.290. The van der Waals surface area contributed by atoms with Crippen molar-refractivity contribution in [2.75, 3.05) is 6.54 Å². The molecular formula is C9H11INO. The maximum absolute atomic E-state index is 9.23. The minimum Gasteiger partial charge on any atom is -0.507 e. The number of halogens is 1. The number of hydrogen-bond acceptors (Lipinski definition) is 2. The zero-order valence-corrected chi connectivity index (χ0v) is 8.84. The average Bonchev–Trinajstić information content (AvgIpc) is 2.07. The molecule has 2 N–H and O–H groups in total. The van der Waals surface area contributed by atoms with Gasteiger partial charge in [0.2, 0.25) is 0 Å². The Labute approximate surface area is 86.1 Å². The van der Waals surface area contributed by atoms with Crippen LogP contribution in [0.3, 0.4) is 0 Å². The van der Waals surface area contributed by atoms with E-state index in [1.165, 1.54) is 5.56 Å². The van der Waals surface area contributed by atoms with Crippen molar-refractivity contribution in [3.05, 3.63) is 34.4 Å². The predicted molar refractivity (Wildman–Crippen MR) is 57.9 cm³/mol. The molecule has 3 heteroatoms. The standard InChI is InChI=1S/C9H11INO/c1-11-5-4-7-2-3-9(12)8(10)6-7/h2-3,6,11-12H,1,4-5H2. The summed E-state index contributed by atoms with van der Waals surface area (Å²) in [7, 11) is 3.54. The number of aromatic hydroxyl groups is 1. The maximum atomic E-state index is 9.23. The summed E-state index contributed by atoms with van der Waals surface area (Å²) < 4.78 is 0.897. The molecule has 1 aromatic carbocycles. The molecule has 65 valence electrons. The summed E-state index contributed by atoms with van der Waals surface area (Å²) in [6, 6.07) is 5.63. The molecule has 0 atom stereocenters. The van der Waals surface area contributed by atoms with Gasteiger partial charge in [-0.05, 0) is 53.3 Å². The molecule has 0 amide bonds. The van der Waals surface area contributed by atoms with Crippen molar-refractivity contribution in [3.8, 4) is 5.75 Å². The van der Waals surface area contributed by atoms with E-state index in [1.54, 1.807) is 6.07 Å². The van der Waals surface area contributed by atoms with Crippen LogP contribution in [0.5, 0.6) is 5.75 Å². The lowest BCUT2D eigenvalue weighted by molar-refractivity contribution is 0.471. The Bertz CT molecular complexity index is 263. The Morgan fingerprint density at radius 1 is 1.50 bits per heavy atom. The van der Waals surface area contributed by atoms with E-state index in [-0.39, 0.29) is 0 Å². The summed E-state index contributed by atoms with van der Waals surface area (Å²) in [5.41, 5.74) is 1.22. The van der Waals surface area contributed by atoms with Crippen LogP contribution in [0.4, 0.5) is 0 Å². The first-order chi connectivity index (χ1) is 5.74. The van der Waals surface area contributed by atoms with E-state index >= 15 is 0 Å². The molecule has 1 rings (SSSR count). The van der Waals surface area contributed by atoms with Gasteiger partial charge in [0.15, 0.2) is 0 Å². The van der Waals surface area contributed by atoms with Crippen LogP contribution in [-0.4, -0.2) is 11.7 Å². The molecule has 0 saturated carbocycles. The van der Waals surface area contributed by atoms with Gasteiger partial charge in [0.1, 0.15) is 5.75 Å². The Morgan fingerprint density at radius 2 is 2.25 bits per heavy atom. The third-order valence-corrected chi connectivity index (χ3v) is 2.47. The van der Waals surface area contributed by atoms with E-state index in [4.69, 9.17) is 0 Å². The normalized spacial score (nSPS) is 10.2. The lowest BCUT2D eigenvalue weighted by Crippen LogP contribution is -2.07. The van der Waals surface area contributed by atoms with Crippen LogP contribution in [0.2, 0.25) is 0 Å². The van der Waals surface area contributed by atoms with Gasteiger partial charge in [0, 0.05) is 7.05 Å². The van der Waals surface area contributed by atoms with Crippen LogP contribution in [0, 0.1) is 10.6 Å². The molecule has 2 nitrogen and oxygen atoms in total. The van der Waals surface area contributed by atoms with Gasteiger partial charge >= 0.3 is 0 Å². The van der Waals surface area contributed by atoms with Crippen molar-refractivity contribution in [1.82, 2.24) is 5.32 Å². The fraction of sp³-hybridized carbons (Fsp3) is 0.222. The second-order valence-electron chi connectivity index (χ2n) is 2.54. The molecule has 0 aliphatic rings. The van der Waals surface area contributed by atoms with Gasteiger partial charge in [0.05, 0.1) is 3.57 Å². The van der Waals surface area contributed by atoms with Gasteiger partial charge in [0.25, 0.3) is 0 Å². The molecule has 0 aliphatic carbocycles. The van der Waals surface area contributed by atoms with Crippen molar-refractivity contribution in [2.24, 2.45) is 0 Å². The van der Waals surface area contributed by atoms with Crippen molar-refractivity contribution in [2.45, 2.75) is 6.42 Å². The summed E-state index contributed by atoms with van der Waals surface area (Å²) >= 11 is 2.12. The van der Waals surface area contributed by atoms with Crippen LogP contribution in [0.1, 0.15) is 5.56 Å². The van der Waals surface area contributed by atoms with Crippen molar-refractivity contribution >= 4 is 22.6 Å². The molecule has 0 aliphatic heterocycles. The summed E-state index contributed by atoms with van der Waals surface area (Å²) in [6.45, 7) is 0.862. The molecule has 0 heterocycles. The number of phenolic OH excluding ortho intramolecular Hbond substituents is 1. The number of rotatable bonds is 3. The minimum absolute atomic E-state index is 0.349. The van der Waals surface area contributed by atoms with Gasteiger partial charge in [-0.15, -0.1) is 0 Å². The minimum atomic E-state index is 0.349. The maximum Gasteiger partial charge on any atom is 0.128 e. The van der Waals surface area contributed by atoms with Crippen LogP contribution in [0.15, 0.2) is 18.2 Å². The summed E-state index contributed by atoms with van der Waals surface area (Å²) in [5, 5.41) is 12.1. The first-order valence-corrected chi connectivity index (χ1v) is 4.79. The summed E-state index contributed by atoms with van der Waals surface area (Å²) in [6.07, 6.45) is 0.944. The van der Waals surface area contributed by atoms with Crippen LogP contribution in [-0.2, 0) is 6.42 Å². The van der Waals surface area contributed by atoms with E-state index < -0.39 is 0 Å². The number of benzene rings is 1. The zero-order valence-electron chi connectivity index (χ0n) is 6.68. The number of phenols is 1. The highest BCUT2D eigenvalue weighted by molar-refractivity contribution is 14.1. The average molecular weight is 276 g/mol. The smallest absolute Gasteiger partial charge is 0.128 e. The van der Waals surface area contributed by atoms with E-state index in [0.717, 1.165) is 16.5 Å². The highest BCUT2D eigenvalue weighted by Crippen LogP contribution is 2.20. The highest BCUT2D eigenvalue weighted by atomic mass is 127. The predicted octanol–water partition coefficient (Wildman–Crippen LogP) is 1.92. The van der Waals surface area contributed by atoms with E-state index in [0.29, 0.717) is 5.75 Å². The zero-order chi connectivity index (χ0) is 8.97. The second-order valence-corrected chi connectivity index (χ2v) is 3.70. The lowest BCUT2D eigenvalue weighted by Gasteiger charge is -2.02. The third-order valence-electron chi connectivity index (χ3n) is 1.60. The highest BCUT2D eigenvalue weighted by Gasteiger charge is 1.98. The van der Waals surface area contributed by atoms with Gasteiger partial charge in [-0.25, -0.2) is 0 Å². The summed E-state index contributed by atoms with van der Waals surface area (Å²) in [5.74, 6) is 0.349. The van der Waals surface area contributed by atoms with Crippen molar-refractivity contribution < 1.29 is 5.11 Å². The van der Waals surface area contributed by atoms with Crippen LogP contribution in [0.25, 0.3) is 0 Å². The van der Waals surface area contributed by atoms with Crippen LogP contribution >= 0.6 is 22.6 Å². The second kappa shape index (κ2) is 4.67. The Balaban J connectivity index is 2.69. The molecule has 0 fully saturated rings. The molecular weight excluding hydrogens is 265 g/mol. The molecule has 0 bridgehead atoms. The third kappa shape index (κ3) is 2.64. The Kier molecular flexibility index (Phi) is 3.81. The van der Waals surface area contributed by atoms with Gasteiger partial charge in [-0.3, -0.25) is 0 Å². The van der Waals surface area contributed by atoms with Gasteiger partial charge < -0.3 is 10.4 Å².